The average molecular weight is 564 g/mol. The number of esters is 1. The monoisotopic (exact) mass is 563 g/mol. The van der Waals surface area contributed by atoms with Gasteiger partial charge in [-0.05, 0) is 68.4 Å². The number of nitrogens with zero attached hydrogens (tertiary/aromatic N) is 1. The Morgan fingerprint density at radius 2 is 1.57 bits per heavy atom. The maximum Gasteiger partial charge on any atom is 0.338 e. The fourth-order valence-corrected chi connectivity index (χ4v) is 4.07. The third-order valence-electron chi connectivity index (χ3n) is 5.77. The van der Waals surface area contributed by atoms with Crippen LogP contribution in [-0.4, -0.2) is 44.0 Å². The Hall–Kier alpha value is -4.83. The molecular formula is C29H26ClN3O7. The second-order valence-corrected chi connectivity index (χ2v) is 9.24. The van der Waals surface area contributed by atoms with E-state index in [0.717, 1.165) is 4.90 Å². The molecule has 1 aliphatic heterocycles. The van der Waals surface area contributed by atoms with Crippen molar-refractivity contribution in [1.82, 2.24) is 0 Å². The number of imide groups is 1. The summed E-state index contributed by atoms with van der Waals surface area (Å²) in [4.78, 5) is 52.1. The summed E-state index contributed by atoms with van der Waals surface area (Å²) < 4.78 is 15.7. The lowest BCUT2D eigenvalue weighted by Crippen LogP contribution is -2.32. The summed E-state index contributed by atoms with van der Waals surface area (Å²) in [6.07, 6.45) is -0.246. The maximum absolute atomic E-state index is 13.3. The largest absolute Gasteiger partial charge is 0.497 e. The quantitative estimate of drug-likeness (QED) is 0.277. The second kappa shape index (κ2) is 11.9. The van der Waals surface area contributed by atoms with Gasteiger partial charge >= 0.3 is 5.97 Å². The van der Waals surface area contributed by atoms with Crippen LogP contribution in [0.4, 0.5) is 17.1 Å². The third-order valence-corrected chi connectivity index (χ3v) is 6.12. The lowest BCUT2D eigenvalue weighted by molar-refractivity contribution is -0.120. The van der Waals surface area contributed by atoms with Crippen molar-refractivity contribution in [3.05, 3.63) is 88.6 Å². The molecule has 0 bridgehead atoms. The number of anilines is 3. The summed E-state index contributed by atoms with van der Waals surface area (Å²) in [5.41, 5.74) is 1.47. The van der Waals surface area contributed by atoms with Gasteiger partial charge in [0.05, 0.1) is 31.6 Å². The van der Waals surface area contributed by atoms with E-state index in [4.69, 9.17) is 25.8 Å². The first-order valence-electron chi connectivity index (χ1n) is 12.1. The lowest BCUT2D eigenvalue weighted by atomic mass is 10.1. The molecule has 2 N–H and O–H groups in total. The Morgan fingerprint density at radius 3 is 2.23 bits per heavy atom. The molecule has 10 nitrogen and oxygen atoms in total. The van der Waals surface area contributed by atoms with E-state index >= 15 is 0 Å². The van der Waals surface area contributed by atoms with Gasteiger partial charge in [-0.15, -0.1) is 0 Å². The van der Waals surface area contributed by atoms with E-state index in [2.05, 4.69) is 10.6 Å². The molecule has 0 unspecified atom stereocenters. The van der Waals surface area contributed by atoms with E-state index in [1.165, 1.54) is 26.4 Å². The summed E-state index contributed by atoms with van der Waals surface area (Å²) in [7, 11) is 2.87. The molecule has 4 rings (SSSR count). The number of halogens is 1. The summed E-state index contributed by atoms with van der Waals surface area (Å²) in [6, 6.07) is 17.3. The van der Waals surface area contributed by atoms with E-state index in [0.29, 0.717) is 22.7 Å². The Kier molecular flexibility index (Phi) is 8.40. The number of hydrogen-bond donors (Lipinski definition) is 2. The number of nitrogens with one attached hydrogen (secondary N) is 2. The molecule has 0 aromatic heterocycles. The van der Waals surface area contributed by atoms with Gasteiger partial charge in [0.1, 0.15) is 22.2 Å². The molecule has 0 fully saturated rings. The van der Waals surface area contributed by atoms with Gasteiger partial charge in [0.25, 0.3) is 17.7 Å². The van der Waals surface area contributed by atoms with Crippen LogP contribution in [0.2, 0.25) is 0 Å². The zero-order chi connectivity index (χ0) is 29.0. The van der Waals surface area contributed by atoms with E-state index < -0.39 is 23.7 Å². The first-order valence-corrected chi connectivity index (χ1v) is 12.5. The van der Waals surface area contributed by atoms with Gasteiger partial charge < -0.3 is 24.8 Å². The van der Waals surface area contributed by atoms with Crippen molar-refractivity contribution in [3.8, 4) is 11.5 Å². The number of methoxy groups -OCH3 is 2. The van der Waals surface area contributed by atoms with Gasteiger partial charge in [0, 0.05) is 23.0 Å². The van der Waals surface area contributed by atoms with E-state index in [9.17, 15) is 19.2 Å². The number of carbonyl (C=O) groups excluding carboxylic acids is 4. The summed E-state index contributed by atoms with van der Waals surface area (Å²) in [5, 5.41) is 5.30. The fourth-order valence-electron chi connectivity index (χ4n) is 3.86. The zero-order valence-electron chi connectivity index (χ0n) is 22.1. The van der Waals surface area contributed by atoms with Crippen molar-refractivity contribution in [2.24, 2.45) is 0 Å². The van der Waals surface area contributed by atoms with Crippen LogP contribution in [0.5, 0.6) is 11.5 Å². The van der Waals surface area contributed by atoms with Gasteiger partial charge in [-0.3, -0.25) is 14.4 Å². The van der Waals surface area contributed by atoms with Crippen LogP contribution in [0.3, 0.4) is 0 Å². The minimum absolute atomic E-state index is 0.155. The van der Waals surface area contributed by atoms with Crippen molar-refractivity contribution in [3.63, 3.8) is 0 Å². The van der Waals surface area contributed by atoms with E-state index in [1.54, 1.807) is 68.4 Å². The first kappa shape index (κ1) is 28.2. The Bertz CT molecular complexity index is 1520. The number of carbonyl (C=O) groups is 4. The highest BCUT2D eigenvalue weighted by molar-refractivity contribution is 6.53. The molecule has 0 saturated heterocycles. The molecule has 0 radical (unpaired) electrons. The Morgan fingerprint density at radius 1 is 0.850 bits per heavy atom. The van der Waals surface area contributed by atoms with Crippen molar-refractivity contribution in [2.75, 3.05) is 29.8 Å². The van der Waals surface area contributed by atoms with Crippen LogP contribution < -0.4 is 25.0 Å². The van der Waals surface area contributed by atoms with Gasteiger partial charge in [0.15, 0.2) is 0 Å². The average Bonchev–Trinajstić information content (AvgIpc) is 3.15. The Balaban J connectivity index is 1.50. The van der Waals surface area contributed by atoms with Gasteiger partial charge in [-0.2, -0.15) is 0 Å². The molecule has 40 heavy (non-hydrogen) atoms. The van der Waals surface area contributed by atoms with Gasteiger partial charge in [0.2, 0.25) is 0 Å². The minimum atomic E-state index is -0.740. The molecule has 11 heteroatoms. The molecule has 0 aliphatic carbocycles. The van der Waals surface area contributed by atoms with Crippen LogP contribution in [-0.2, 0) is 14.3 Å². The predicted molar refractivity (Wildman–Crippen MR) is 150 cm³/mol. The number of amides is 3. The highest BCUT2D eigenvalue weighted by atomic mass is 35.5. The molecule has 1 heterocycles. The Labute approximate surface area is 235 Å². The molecule has 0 spiro atoms. The molecule has 0 atom stereocenters. The van der Waals surface area contributed by atoms with E-state index in [-0.39, 0.29) is 33.8 Å². The van der Waals surface area contributed by atoms with Crippen LogP contribution in [0.15, 0.2) is 77.5 Å². The summed E-state index contributed by atoms with van der Waals surface area (Å²) in [5.74, 6) is -1.64. The third kappa shape index (κ3) is 5.92. The van der Waals surface area contributed by atoms with Crippen molar-refractivity contribution < 1.29 is 33.4 Å². The van der Waals surface area contributed by atoms with Crippen LogP contribution in [0.1, 0.15) is 34.6 Å². The van der Waals surface area contributed by atoms with Gasteiger partial charge in [-0.1, -0.05) is 17.7 Å². The summed E-state index contributed by atoms with van der Waals surface area (Å²) in [6.45, 7) is 3.52. The number of rotatable bonds is 9. The fraction of sp³-hybridized carbons (Fsp3) is 0.172. The second-order valence-electron chi connectivity index (χ2n) is 8.86. The zero-order valence-corrected chi connectivity index (χ0v) is 22.9. The molecule has 3 aromatic carbocycles. The number of benzene rings is 3. The molecule has 0 saturated carbocycles. The topological polar surface area (TPSA) is 123 Å². The number of ether oxygens (including phenoxy) is 3. The van der Waals surface area contributed by atoms with Crippen LogP contribution >= 0.6 is 11.6 Å². The molecular weight excluding hydrogens is 538 g/mol. The molecule has 1 aliphatic rings. The standard InChI is InChI=1S/C29H26ClN3O7/c1-16(2)40-29(37)17-8-10-19(11-9-17)32-26(34)18-6-5-7-20(14-18)31-25-24(30)27(35)33(28(25)36)22-15-21(38-3)12-13-23(22)39-4/h5-16,31H,1-4H3,(H,32,34). The first-order chi connectivity index (χ1) is 19.1. The van der Waals surface area contributed by atoms with Crippen molar-refractivity contribution in [1.29, 1.82) is 0 Å². The number of hydrogen-bond acceptors (Lipinski definition) is 8. The molecule has 3 aromatic rings. The predicted octanol–water partition coefficient (Wildman–Crippen LogP) is 4.96. The highest BCUT2D eigenvalue weighted by Crippen LogP contribution is 2.38. The summed E-state index contributed by atoms with van der Waals surface area (Å²) >= 11 is 6.28. The minimum Gasteiger partial charge on any atom is -0.497 e. The van der Waals surface area contributed by atoms with Crippen LogP contribution in [0, 0.1) is 0 Å². The SMILES string of the molecule is COc1ccc(OC)c(N2C(=O)C(Cl)=C(Nc3cccc(C(=O)Nc4ccc(C(=O)OC(C)C)cc4)c3)C2=O)c1. The van der Waals surface area contributed by atoms with E-state index in [1.807, 2.05) is 0 Å². The van der Waals surface area contributed by atoms with Crippen molar-refractivity contribution >= 4 is 52.4 Å². The normalized spacial score (nSPS) is 13.0. The lowest BCUT2D eigenvalue weighted by Gasteiger charge is -2.19. The van der Waals surface area contributed by atoms with Crippen molar-refractivity contribution in [2.45, 2.75) is 20.0 Å². The molecule has 206 valence electrons. The van der Waals surface area contributed by atoms with Crippen LogP contribution in [0.25, 0.3) is 0 Å². The van der Waals surface area contributed by atoms with Gasteiger partial charge in [-0.25, -0.2) is 9.69 Å². The molecule has 3 amide bonds. The smallest absolute Gasteiger partial charge is 0.338 e. The maximum atomic E-state index is 13.3. The highest BCUT2D eigenvalue weighted by Gasteiger charge is 2.40.